The number of fused-ring (bicyclic) bond motifs is 3. The van der Waals surface area contributed by atoms with Crippen LogP contribution in [0.15, 0.2) is 18.6 Å². The van der Waals surface area contributed by atoms with Gasteiger partial charge in [0.2, 0.25) is 0 Å². The number of carbonyl (C=O) groups is 1. The maximum Gasteiger partial charge on any atom is 0.274 e. The van der Waals surface area contributed by atoms with Crippen molar-refractivity contribution in [1.82, 2.24) is 24.6 Å². The Kier molecular flexibility index (Phi) is 4.07. The third-order valence-electron chi connectivity index (χ3n) is 5.50. The van der Waals surface area contributed by atoms with Crippen LogP contribution in [0.5, 0.6) is 0 Å². The summed E-state index contributed by atoms with van der Waals surface area (Å²) < 4.78 is 1.67. The molecule has 27 heavy (non-hydrogen) atoms. The van der Waals surface area contributed by atoms with Crippen LogP contribution in [0, 0.1) is 0 Å². The normalized spacial score (nSPS) is 17.4. The molecular weight excluding hydrogens is 360 g/mol. The number of anilines is 1. The van der Waals surface area contributed by atoms with Crippen LogP contribution in [-0.2, 0) is 19.9 Å². The maximum absolute atomic E-state index is 12.7. The fourth-order valence-corrected chi connectivity index (χ4v) is 5.40. The van der Waals surface area contributed by atoms with Crippen molar-refractivity contribution in [3.8, 4) is 0 Å². The lowest BCUT2D eigenvalue weighted by Gasteiger charge is -2.23. The summed E-state index contributed by atoms with van der Waals surface area (Å²) in [7, 11) is 1.83. The maximum atomic E-state index is 12.7. The Morgan fingerprint density at radius 3 is 2.89 bits per heavy atom. The minimum Gasteiger partial charge on any atom is -0.354 e. The molecule has 0 N–H and O–H groups in total. The summed E-state index contributed by atoms with van der Waals surface area (Å²) in [6.07, 6.45) is 7.96. The average molecular weight is 382 g/mol. The molecule has 0 spiro atoms. The van der Waals surface area contributed by atoms with Crippen molar-refractivity contribution in [3.63, 3.8) is 0 Å². The van der Waals surface area contributed by atoms with Crippen LogP contribution in [0.25, 0.3) is 10.2 Å². The number of carbonyl (C=O) groups excluding carboxylic acids is 1. The molecule has 140 valence electrons. The number of nitrogens with zero attached hydrogens (tertiary/aromatic N) is 6. The van der Waals surface area contributed by atoms with Crippen LogP contribution in [-0.4, -0.2) is 56.7 Å². The first kappa shape index (κ1) is 16.7. The van der Waals surface area contributed by atoms with E-state index >= 15 is 0 Å². The largest absolute Gasteiger partial charge is 0.354 e. The lowest BCUT2D eigenvalue weighted by Crippen LogP contribution is -2.35. The second-order valence-corrected chi connectivity index (χ2v) is 8.33. The molecule has 7 nitrogen and oxygen atoms in total. The molecule has 0 radical (unpaired) electrons. The van der Waals surface area contributed by atoms with E-state index in [1.165, 1.54) is 28.7 Å². The number of amides is 1. The Labute approximate surface area is 161 Å². The molecule has 8 heteroatoms. The number of hydrogen-bond donors (Lipinski definition) is 0. The van der Waals surface area contributed by atoms with E-state index < -0.39 is 0 Å². The summed E-state index contributed by atoms with van der Waals surface area (Å²) in [5, 5.41) is 5.51. The number of hydrogen-bond acceptors (Lipinski definition) is 6. The standard InChI is InChI=1S/C19H22N6OS/c1-23-9-6-14(22-23)19(26)25-8-3-7-24(10-11-25)17-16-13-4-2-5-15(13)27-18(16)21-12-20-17/h6,9,12H,2-5,7-8,10-11H2,1H3. The van der Waals surface area contributed by atoms with Crippen molar-refractivity contribution >= 4 is 33.3 Å². The zero-order valence-corrected chi connectivity index (χ0v) is 16.2. The molecule has 0 unspecified atom stereocenters. The molecule has 1 aliphatic heterocycles. The summed E-state index contributed by atoms with van der Waals surface area (Å²) in [6.45, 7) is 3.13. The Morgan fingerprint density at radius 1 is 1.11 bits per heavy atom. The smallest absolute Gasteiger partial charge is 0.274 e. The van der Waals surface area contributed by atoms with E-state index in [2.05, 4.69) is 20.0 Å². The van der Waals surface area contributed by atoms with Gasteiger partial charge in [-0.05, 0) is 37.3 Å². The van der Waals surface area contributed by atoms with Gasteiger partial charge >= 0.3 is 0 Å². The van der Waals surface area contributed by atoms with Crippen molar-refractivity contribution in [2.75, 3.05) is 31.1 Å². The van der Waals surface area contributed by atoms with E-state index in [0.29, 0.717) is 12.2 Å². The van der Waals surface area contributed by atoms with Crippen LogP contribution in [0.1, 0.15) is 33.8 Å². The number of thiophene rings is 1. The van der Waals surface area contributed by atoms with E-state index in [1.807, 2.05) is 29.5 Å². The van der Waals surface area contributed by atoms with E-state index in [4.69, 9.17) is 0 Å². The summed E-state index contributed by atoms with van der Waals surface area (Å²) in [5.41, 5.74) is 1.97. The number of aryl methyl sites for hydroxylation is 3. The van der Waals surface area contributed by atoms with Crippen molar-refractivity contribution < 1.29 is 4.79 Å². The van der Waals surface area contributed by atoms with E-state index in [1.54, 1.807) is 17.1 Å². The lowest BCUT2D eigenvalue weighted by molar-refractivity contribution is 0.0760. The SMILES string of the molecule is Cn1ccc(C(=O)N2CCCN(c3ncnc4sc5c(c34)CCC5)CC2)n1. The Bertz CT molecular complexity index is 1010. The van der Waals surface area contributed by atoms with Gasteiger partial charge < -0.3 is 9.80 Å². The Morgan fingerprint density at radius 2 is 2.04 bits per heavy atom. The minimum atomic E-state index is 0.0155. The van der Waals surface area contributed by atoms with Gasteiger partial charge in [-0.25, -0.2) is 9.97 Å². The van der Waals surface area contributed by atoms with Gasteiger partial charge in [-0.2, -0.15) is 5.10 Å². The quantitative estimate of drug-likeness (QED) is 0.680. The highest BCUT2D eigenvalue weighted by molar-refractivity contribution is 7.19. The molecule has 5 rings (SSSR count). The highest BCUT2D eigenvalue weighted by Gasteiger charge is 2.26. The van der Waals surface area contributed by atoms with Gasteiger partial charge in [0.25, 0.3) is 5.91 Å². The van der Waals surface area contributed by atoms with Crippen LogP contribution >= 0.6 is 11.3 Å². The predicted molar refractivity (Wildman–Crippen MR) is 105 cm³/mol. The molecule has 3 aromatic heterocycles. The molecule has 2 aliphatic rings. The minimum absolute atomic E-state index is 0.0155. The van der Waals surface area contributed by atoms with E-state index in [-0.39, 0.29) is 5.91 Å². The van der Waals surface area contributed by atoms with Gasteiger partial charge in [-0.3, -0.25) is 9.48 Å². The number of aromatic nitrogens is 4. The van der Waals surface area contributed by atoms with Crippen LogP contribution in [0.3, 0.4) is 0 Å². The van der Waals surface area contributed by atoms with Crippen molar-refractivity contribution in [2.45, 2.75) is 25.7 Å². The number of rotatable bonds is 2. The molecule has 3 aromatic rings. The van der Waals surface area contributed by atoms with Gasteiger partial charge in [0.15, 0.2) is 0 Å². The van der Waals surface area contributed by atoms with Gasteiger partial charge in [-0.1, -0.05) is 0 Å². The first-order valence-electron chi connectivity index (χ1n) is 9.50. The Balaban J connectivity index is 1.40. The molecule has 4 heterocycles. The molecule has 1 saturated heterocycles. The monoisotopic (exact) mass is 382 g/mol. The summed E-state index contributed by atoms with van der Waals surface area (Å²) in [4.78, 5) is 28.7. The van der Waals surface area contributed by atoms with Gasteiger partial charge in [0, 0.05) is 44.3 Å². The van der Waals surface area contributed by atoms with Crippen LogP contribution < -0.4 is 4.90 Å². The van der Waals surface area contributed by atoms with Crippen molar-refractivity contribution in [1.29, 1.82) is 0 Å². The highest BCUT2D eigenvalue weighted by atomic mass is 32.1. The fraction of sp³-hybridized carbons (Fsp3) is 0.474. The summed E-state index contributed by atoms with van der Waals surface area (Å²) in [5.74, 6) is 1.06. The van der Waals surface area contributed by atoms with Gasteiger partial charge in [-0.15, -0.1) is 11.3 Å². The predicted octanol–water partition coefficient (Wildman–Crippen LogP) is 2.27. The molecule has 1 amide bonds. The first-order valence-corrected chi connectivity index (χ1v) is 10.3. The molecule has 0 saturated carbocycles. The second-order valence-electron chi connectivity index (χ2n) is 7.24. The summed E-state index contributed by atoms with van der Waals surface area (Å²) >= 11 is 1.82. The second kappa shape index (κ2) is 6.60. The topological polar surface area (TPSA) is 67.2 Å². The third kappa shape index (κ3) is 2.88. The molecular formula is C19H22N6OS. The van der Waals surface area contributed by atoms with E-state index in [0.717, 1.165) is 43.1 Å². The van der Waals surface area contributed by atoms with Crippen LogP contribution in [0.2, 0.25) is 0 Å². The van der Waals surface area contributed by atoms with Gasteiger partial charge in [0.1, 0.15) is 22.7 Å². The highest BCUT2D eigenvalue weighted by Crippen LogP contribution is 2.40. The molecule has 1 fully saturated rings. The molecule has 0 bridgehead atoms. The molecule has 0 aromatic carbocycles. The lowest BCUT2D eigenvalue weighted by atomic mass is 10.2. The Hall–Kier alpha value is -2.48. The third-order valence-corrected chi connectivity index (χ3v) is 6.70. The molecule has 0 atom stereocenters. The van der Waals surface area contributed by atoms with E-state index in [9.17, 15) is 4.79 Å². The first-order chi connectivity index (χ1) is 13.2. The fourth-order valence-electron chi connectivity index (χ4n) is 4.18. The van der Waals surface area contributed by atoms with Crippen molar-refractivity contribution in [3.05, 3.63) is 34.7 Å². The summed E-state index contributed by atoms with van der Waals surface area (Å²) in [6, 6.07) is 1.79. The van der Waals surface area contributed by atoms with Crippen molar-refractivity contribution in [2.24, 2.45) is 7.05 Å². The van der Waals surface area contributed by atoms with Gasteiger partial charge in [0.05, 0.1) is 5.39 Å². The zero-order chi connectivity index (χ0) is 18.4. The zero-order valence-electron chi connectivity index (χ0n) is 15.4. The molecule has 1 aliphatic carbocycles. The average Bonchev–Trinajstić information content (AvgIpc) is 3.32. The van der Waals surface area contributed by atoms with Crippen LogP contribution in [0.4, 0.5) is 5.82 Å².